The Kier molecular flexibility index (Phi) is 10.0. The maximum absolute atomic E-state index is 6.94. The molecule has 356 valence electrons. The standard InChI is InChI=1S/C74H49NO/c1-5-26-52(27-6-1)73(53-28-7-2-8-29-53)66-44-16-13-36-60(66)63-41-21-39-58(70(63)73)50-24-19-34-56(48-50)75(68-46-23-43-65-62-38-15-18-47-69(62)76-72(65)68)57-35-20-25-51(49-57)59-40-22-42-64-61-37-14-17-45-67(61)74(71(59)64,54-30-9-3-10-31-54)55-32-11-4-12-33-55/h1-49H. The molecular formula is C74H49NO. The molecule has 2 heteroatoms. The van der Waals surface area contributed by atoms with Crippen molar-refractivity contribution in [1.82, 2.24) is 0 Å². The Morgan fingerprint density at radius 2 is 0.645 bits per heavy atom. The molecule has 1 heterocycles. The van der Waals surface area contributed by atoms with Crippen molar-refractivity contribution in [3.8, 4) is 44.5 Å². The molecule has 15 rings (SSSR count). The third kappa shape index (κ3) is 6.34. The average molecular weight is 968 g/mol. The van der Waals surface area contributed by atoms with Gasteiger partial charge in [0.15, 0.2) is 5.58 Å². The number of benzene rings is 12. The topological polar surface area (TPSA) is 16.4 Å². The van der Waals surface area contributed by atoms with Crippen LogP contribution in [-0.2, 0) is 10.8 Å². The summed E-state index contributed by atoms with van der Waals surface area (Å²) < 4.78 is 6.94. The molecule has 12 aromatic carbocycles. The van der Waals surface area contributed by atoms with Gasteiger partial charge in [0.1, 0.15) is 5.58 Å². The third-order valence-electron chi connectivity index (χ3n) is 16.4. The smallest absolute Gasteiger partial charge is 0.159 e. The van der Waals surface area contributed by atoms with E-state index >= 15 is 0 Å². The summed E-state index contributed by atoms with van der Waals surface area (Å²) in [6.45, 7) is 0. The van der Waals surface area contributed by atoms with E-state index in [0.717, 1.165) is 50.1 Å². The zero-order valence-electron chi connectivity index (χ0n) is 41.6. The first kappa shape index (κ1) is 43.8. The van der Waals surface area contributed by atoms with Gasteiger partial charge in [-0.15, -0.1) is 0 Å². The lowest BCUT2D eigenvalue weighted by molar-refractivity contribution is 0.669. The summed E-state index contributed by atoms with van der Waals surface area (Å²) in [5, 5.41) is 2.17. The molecule has 2 aliphatic rings. The molecule has 0 spiro atoms. The molecule has 0 amide bonds. The minimum absolute atomic E-state index is 0.570. The minimum Gasteiger partial charge on any atom is -0.454 e. The Morgan fingerprint density at radius 3 is 1.13 bits per heavy atom. The van der Waals surface area contributed by atoms with Crippen LogP contribution >= 0.6 is 0 Å². The highest BCUT2D eigenvalue weighted by atomic mass is 16.3. The Labute approximate surface area is 443 Å². The van der Waals surface area contributed by atoms with Gasteiger partial charge in [0.25, 0.3) is 0 Å². The van der Waals surface area contributed by atoms with Crippen LogP contribution < -0.4 is 4.90 Å². The van der Waals surface area contributed by atoms with Crippen molar-refractivity contribution in [3.05, 3.63) is 342 Å². The zero-order valence-corrected chi connectivity index (χ0v) is 41.6. The van der Waals surface area contributed by atoms with E-state index in [4.69, 9.17) is 4.42 Å². The number of para-hydroxylation sites is 2. The molecule has 0 atom stereocenters. The van der Waals surface area contributed by atoms with Crippen LogP contribution in [0.25, 0.3) is 66.4 Å². The fourth-order valence-electron chi connectivity index (χ4n) is 13.4. The van der Waals surface area contributed by atoms with Crippen molar-refractivity contribution in [2.45, 2.75) is 10.8 Å². The van der Waals surface area contributed by atoms with Gasteiger partial charge in [-0.05, 0) is 125 Å². The number of nitrogens with zero attached hydrogens (tertiary/aromatic N) is 1. The number of furan rings is 1. The molecule has 1 aromatic heterocycles. The molecule has 0 N–H and O–H groups in total. The fraction of sp³-hybridized carbons (Fsp3) is 0.0270. The SMILES string of the molecule is c1ccc(C2(c3ccccc3)c3ccccc3-c3cccc(-c4cccc(N(c5cccc(-c6cccc7c6C(c6ccccc6)(c6ccccc6)c6ccccc6-7)c5)c5cccc6c5oc5ccccc56)c4)c32)cc1. The molecule has 0 bridgehead atoms. The second-order valence-corrected chi connectivity index (χ2v) is 20.2. The minimum atomic E-state index is -0.570. The molecule has 13 aromatic rings. The summed E-state index contributed by atoms with van der Waals surface area (Å²) >= 11 is 0. The maximum atomic E-state index is 6.94. The van der Waals surface area contributed by atoms with E-state index in [9.17, 15) is 0 Å². The highest BCUT2D eigenvalue weighted by Gasteiger charge is 2.49. The molecular weight excluding hydrogens is 919 g/mol. The van der Waals surface area contributed by atoms with E-state index in [1.54, 1.807) is 0 Å². The summed E-state index contributed by atoms with van der Waals surface area (Å²) in [7, 11) is 0. The van der Waals surface area contributed by atoms with Gasteiger partial charge in [0.05, 0.1) is 16.5 Å². The van der Waals surface area contributed by atoms with Gasteiger partial charge in [0, 0.05) is 22.1 Å². The molecule has 0 saturated heterocycles. The van der Waals surface area contributed by atoms with Gasteiger partial charge >= 0.3 is 0 Å². The Morgan fingerprint density at radius 1 is 0.276 bits per heavy atom. The van der Waals surface area contributed by atoms with Crippen LogP contribution in [0.5, 0.6) is 0 Å². The van der Waals surface area contributed by atoms with Gasteiger partial charge in [-0.2, -0.15) is 0 Å². The van der Waals surface area contributed by atoms with Crippen molar-refractivity contribution in [2.75, 3.05) is 4.90 Å². The van der Waals surface area contributed by atoms with Crippen LogP contribution in [0.3, 0.4) is 0 Å². The van der Waals surface area contributed by atoms with Crippen LogP contribution in [-0.4, -0.2) is 0 Å². The number of fused-ring (bicyclic) bond motifs is 9. The molecule has 2 nitrogen and oxygen atoms in total. The maximum Gasteiger partial charge on any atom is 0.159 e. The average Bonchev–Trinajstić information content (AvgIpc) is 4.22. The zero-order chi connectivity index (χ0) is 50.2. The normalized spacial score (nSPS) is 13.5. The quantitative estimate of drug-likeness (QED) is 0.143. The number of hydrogen-bond donors (Lipinski definition) is 0. The lowest BCUT2D eigenvalue weighted by atomic mass is 9.66. The van der Waals surface area contributed by atoms with E-state index in [1.165, 1.54) is 77.9 Å². The van der Waals surface area contributed by atoms with Crippen molar-refractivity contribution >= 4 is 39.0 Å². The lowest BCUT2D eigenvalue weighted by Crippen LogP contribution is -2.29. The summed E-state index contributed by atoms with van der Waals surface area (Å²) in [5.41, 5.74) is 23.4. The van der Waals surface area contributed by atoms with Crippen LogP contribution in [0.4, 0.5) is 17.1 Å². The Bertz CT molecular complexity index is 4040. The highest BCUT2D eigenvalue weighted by molar-refractivity contribution is 6.10. The lowest BCUT2D eigenvalue weighted by Gasteiger charge is -2.35. The van der Waals surface area contributed by atoms with E-state index in [-0.39, 0.29) is 0 Å². The van der Waals surface area contributed by atoms with E-state index in [1.807, 2.05) is 0 Å². The summed E-state index contributed by atoms with van der Waals surface area (Å²) in [6, 6.07) is 109. The molecule has 0 saturated carbocycles. The third-order valence-corrected chi connectivity index (χ3v) is 16.4. The number of rotatable bonds is 9. The number of hydrogen-bond acceptors (Lipinski definition) is 2. The first-order valence-electron chi connectivity index (χ1n) is 26.3. The van der Waals surface area contributed by atoms with Crippen LogP contribution in [0.1, 0.15) is 44.5 Å². The molecule has 0 aliphatic heterocycles. The van der Waals surface area contributed by atoms with E-state index in [0.29, 0.717) is 0 Å². The molecule has 0 fully saturated rings. The molecule has 0 unspecified atom stereocenters. The molecule has 2 aliphatic carbocycles. The fourth-order valence-corrected chi connectivity index (χ4v) is 13.4. The van der Waals surface area contributed by atoms with Gasteiger partial charge in [-0.1, -0.05) is 261 Å². The van der Waals surface area contributed by atoms with Gasteiger partial charge in [0.2, 0.25) is 0 Å². The summed E-state index contributed by atoms with van der Waals surface area (Å²) in [5.74, 6) is 0. The predicted octanol–water partition coefficient (Wildman–Crippen LogP) is 19.1. The van der Waals surface area contributed by atoms with Gasteiger partial charge in [-0.25, -0.2) is 0 Å². The van der Waals surface area contributed by atoms with Crippen molar-refractivity contribution in [1.29, 1.82) is 0 Å². The monoisotopic (exact) mass is 967 g/mol. The van der Waals surface area contributed by atoms with Crippen molar-refractivity contribution < 1.29 is 4.42 Å². The van der Waals surface area contributed by atoms with Crippen molar-refractivity contribution in [2.24, 2.45) is 0 Å². The van der Waals surface area contributed by atoms with Crippen LogP contribution in [0, 0.1) is 0 Å². The van der Waals surface area contributed by atoms with Gasteiger partial charge in [-0.3, -0.25) is 0 Å². The van der Waals surface area contributed by atoms with Crippen LogP contribution in [0.15, 0.2) is 302 Å². The van der Waals surface area contributed by atoms with E-state index in [2.05, 4.69) is 302 Å². The van der Waals surface area contributed by atoms with Crippen molar-refractivity contribution in [3.63, 3.8) is 0 Å². The van der Waals surface area contributed by atoms with E-state index < -0.39 is 10.8 Å². The molecule has 0 radical (unpaired) electrons. The highest BCUT2D eigenvalue weighted by Crippen LogP contribution is 2.61. The molecule has 76 heavy (non-hydrogen) atoms. The predicted molar refractivity (Wildman–Crippen MR) is 314 cm³/mol. The second kappa shape index (κ2) is 17.4. The number of anilines is 3. The Balaban J connectivity index is 0.970. The largest absolute Gasteiger partial charge is 0.454 e. The summed E-state index contributed by atoms with van der Waals surface area (Å²) in [4.78, 5) is 2.41. The Hall–Kier alpha value is -9.76. The van der Waals surface area contributed by atoms with Gasteiger partial charge < -0.3 is 9.32 Å². The van der Waals surface area contributed by atoms with Crippen LogP contribution in [0.2, 0.25) is 0 Å². The summed E-state index contributed by atoms with van der Waals surface area (Å²) in [6.07, 6.45) is 0. The first-order chi connectivity index (χ1) is 37.7. The first-order valence-corrected chi connectivity index (χ1v) is 26.3. The second-order valence-electron chi connectivity index (χ2n) is 20.2.